The quantitative estimate of drug-likeness (QED) is 0.391. The summed E-state index contributed by atoms with van der Waals surface area (Å²) in [6.07, 6.45) is 3.50. The number of imidazole rings is 1. The molecule has 9 nitrogen and oxygen atoms in total. The zero-order chi connectivity index (χ0) is 23.0. The molecular weight excluding hydrogens is 420 g/mol. The van der Waals surface area contributed by atoms with Crippen molar-refractivity contribution in [1.82, 2.24) is 19.2 Å². The van der Waals surface area contributed by atoms with Gasteiger partial charge in [0.2, 0.25) is 15.9 Å². The molecule has 1 heterocycles. The number of carbonyl (C=O) groups excluding carboxylic acids is 2. The summed E-state index contributed by atoms with van der Waals surface area (Å²) < 4.78 is 33.3. The maximum absolute atomic E-state index is 12.4. The first-order valence-electron chi connectivity index (χ1n) is 10.5. The molecule has 10 heteroatoms. The number of nitrogens with zero attached hydrogens (tertiary/aromatic N) is 3. The summed E-state index contributed by atoms with van der Waals surface area (Å²) in [7, 11) is -0.584. The minimum atomic E-state index is -3.56. The summed E-state index contributed by atoms with van der Waals surface area (Å²) in [5.41, 5.74) is 1.36. The van der Waals surface area contributed by atoms with Crippen molar-refractivity contribution in [3.05, 3.63) is 24.0 Å². The predicted octanol–water partition coefficient (Wildman–Crippen LogP) is 2.44. The van der Waals surface area contributed by atoms with E-state index in [0.717, 1.165) is 29.1 Å². The van der Waals surface area contributed by atoms with Gasteiger partial charge in [0.1, 0.15) is 12.4 Å². The SMILES string of the molecule is CCCn1c(COC(=O)CCCCCNC(C)=O)nc2cc(S(=O)(=O)N(C)C)ccc21. The highest BCUT2D eigenvalue weighted by Gasteiger charge is 2.20. The van der Waals surface area contributed by atoms with Crippen molar-refractivity contribution in [3.8, 4) is 0 Å². The maximum Gasteiger partial charge on any atom is 0.306 e. The van der Waals surface area contributed by atoms with E-state index >= 15 is 0 Å². The van der Waals surface area contributed by atoms with Gasteiger partial charge in [0.05, 0.1) is 15.9 Å². The van der Waals surface area contributed by atoms with E-state index in [1.54, 1.807) is 18.2 Å². The third-order valence-corrected chi connectivity index (χ3v) is 6.63. The number of benzene rings is 1. The van der Waals surface area contributed by atoms with Crippen molar-refractivity contribution in [3.63, 3.8) is 0 Å². The van der Waals surface area contributed by atoms with Gasteiger partial charge in [-0.05, 0) is 37.5 Å². The first-order valence-corrected chi connectivity index (χ1v) is 11.9. The van der Waals surface area contributed by atoms with Gasteiger partial charge >= 0.3 is 5.97 Å². The molecule has 1 N–H and O–H groups in total. The molecule has 2 rings (SSSR count). The van der Waals surface area contributed by atoms with E-state index in [1.807, 2.05) is 11.5 Å². The van der Waals surface area contributed by atoms with E-state index in [2.05, 4.69) is 10.3 Å². The smallest absolute Gasteiger partial charge is 0.306 e. The number of sulfonamides is 1. The molecule has 0 fully saturated rings. The van der Waals surface area contributed by atoms with Crippen LogP contribution in [0.4, 0.5) is 0 Å². The lowest BCUT2D eigenvalue weighted by molar-refractivity contribution is -0.145. The zero-order valence-electron chi connectivity index (χ0n) is 18.7. The number of esters is 1. The summed E-state index contributed by atoms with van der Waals surface area (Å²) in [5, 5.41) is 2.72. The van der Waals surface area contributed by atoms with E-state index in [0.29, 0.717) is 37.3 Å². The van der Waals surface area contributed by atoms with Crippen molar-refractivity contribution in [1.29, 1.82) is 0 Å². The molecule has 0 aliphatic heterocycles. The number of hydrogen-bond donors (Lipinski definition) is 1. The van der Waals surface area contributed by atoms with Crippen molar-refractivity contribution < 1.29 is 22.7 Å². The minimum Gasteiger partial charge on any atom is -0.458 e. The third-order valence-electron chi connectivity index (χ3n) is 4.82. The highest BCUT2D eigenvalue weighted by Crippen LogP contribution is 2.23. The Kier molecular flexibility index (Phi) is 9.00. The van der Waals surface area contributed by atoms with Gasteiger partial charge in [-0.1, -0.05) is 13.3 Å². The summed E-state index contributed by atoms with van der Waals surface area (Å²) in [6.45, 7) is 4.84. The van der Waals surface area contributed by atoms with Gasteiger partial charge in [-0.15, -0.1) is 0 Å². The molecule has 0 radical (unpaired) electrons. The fraction of sp³-hybridized carbons (Fsp3) is 0.571. The largest absolute Gasteiger partial charge is 0.458 e. The van der Waals surface area contributed by atoms with Crippen molar-refractivity contribution in [2.45, 2.75) is 64.0 Å². The van der Waals surface area contributed by atoms with Crippen molar-refractivity contribution >= 4 is 32.9 Å². The Balaban J connectivity index is 2.03. The molecular formula is C21H32N4O5S. The Morgan fingerprint density at radius 3 is 2.58 bits per heavy atom. The Labute approximate surface area is 183 Å². The van der Waals surface area contributed by atoms with Gasteiger partial charge in [0, 0.05) is 40.5 Å². The minimum absolute atomic E-state index is 0.0369. The van der Waals surface area contributed by atoms with Crippen LogP contribution in [-0.4, -0.2) is 54.8 Å². The summed E-state index contributed by atoms with van der Waals surface area (Å²) >= 11 is 0. The van der Waals surface area contributed by atoms with Gasteiger partial charge in [0.15, 0.2) is 0 Å². The molecule has 1 aromatic carbocycles. The van der Waals surface area contributed by atoms with E-state index in [9.17, 15) is 18.0 Å². The standard InChI is InChI=1S/C21H32N4O5S/c1-5-13-25-19-11-10-17(31(28,29)24(3)4)14-18(19)23-20(25)15-30-21(27)9-7-6-8-12-22-16(2)26/h10-11,14H,5-9,12-13,15H2,1-4H3,(H,22,26). The summed E-state index contributed by atoms with van der Waals surface area (Å²) in [6, 6.07) is 4.87. The topological polar surface area (TPSA) is 111 Å². The van der Waals surface area contributed by atoms with Crippen LogP contribution in [0.2, 0.25) is 0 Å². The van der Waals surface area contributed by atoms with E-state index < -0.39 is 10.0 Å². The van der Waals surface area contributed by atoms with E-state index in [4.69, 9.17) is 4.74 Å². The highest BCUT2D eigenvalue weighted by molar-refractivity contribution is 7.89. The number of hydrogen-bond acceptors (Lipinski definition) is 6. The second kappa shape index (κ2) is 11.2. The van der Waals surface area contributed by atoms with Crippen LogP contribution < -0.4 is 5.32 Å². The molecule has 0 aliphatic carbocycles. The predicted molar refractivity (Wildman–Crippen MR) is 118 cm³/mol. The molecule has 0 spiro atoms. The third kappa shape index (κ3) is 6.76. The number of amides is 1. The molecule has 0 bridgehead atoms. The lowest BCUT2D eigenvalue weighted by Gasteiger charge is -2.11. The van der Waals surface area contributed by atoms with Gasteiger partial charge in [0.25, 0.3) is 0 Å². The molecule has 0 unspecified atom stereocenters. The molecule has 1 aromatic heterocycles. The molecule has 0 atom stereocenters. The number of fused-ring (bicyclic) bond motifs is 1. The van der Waals surface area contributed by atoms with E-state index in [1.165, 1.54) is 21.0 Å². The van der Waals surface area contributed by atoms with Crippen LogP contribution >= 0.6 is 0 Å². The summed E-state index contributed by atoms with van der Waals surface area (Å²) in [4.78, 5) is 27.6. The number of aromatic nitrogens is 2. The monoisotopic (exact) mass is 452 g/mol. The second-order valence-corrected chi connectivity index (χ2v) is 9.72. The van der Waals surface area contributed by atoms with Crippen molar-refractivity contribution in [2.75, 3.05) is 20.6 Å². The Morgan fingerprint density at radius 2 is 1.94 bits per heavy atom. The molecule has 0 aliphatic rings. The average Bonchev–Trinajstić information content (AvgIpc) is 3.05. The molecule has 2 aromatic rings. The first kappa shape index (κ1) is 24.8. The normalized spacial score (nSPS) is 11.8. The van der Waals surface area contributed by atoms with E-state index in [-0.39, 0.29) is 23.4 Å². The van der Waals surface area contributed by atoms with Crippen LogP contribution in [0.1, 0.15) is 51.8 Å². The fourth-order valence-electron chi connectivity index (χ4n) is 3.17. The Hall–Kier alpha value is -2.46. The maximum atomic E-state index is 12.4. The number of aryl methyl sites for hydroxylation is 1. The first-order chi connectivity index (χ1) is 14.7. The van der Waals surface area contributed by atoms with Gasteiger partial charge in [-0.25, -0.2) is 17.7 Å². The number of carbonyl (C=O) groups is 2. The average molecular weight is 453 g/mol. The van der Waals surface area contributed by atoms with Crippen LogP contribution in [0.3, 0.4) is 0 Å². The fourth-order valence-corrected chi connectivity index (χ4v) is 4.09. The second-order valence-electron chi connectivity index (χ2n) is 7.57. The van der Waals surface area contributed by atoms with Crippen LogP contribution in [-0.2, 0) is 37.5 Å². The van der Waals surface area contributed by atoms with Crippen LogP contribution in [0, 0.1) is 0 Å². The highest BCUT2D eigenvalue weighted by atomic mass is 32.2. The van der Waals surface area contributed by atoms with Crippen LogP contribution in [0.5, 0.6) is 0 Å². The zero-order valence-corrected chi connectivity index (χ0v) is 19.5. The van der Waals surface area contributed by atoms with Gasteiger partial charge in [-0.3, -0.25) is 9.59 Å². The van der Waals surface area contributed by atoms with Gasteiger partial charge in [-0.2, -0.15) is 0 Å². The Bertz CT molecular complexity index is 1010. The number of unbranched alkanes of at least 4 members (excludes halogenated alkanes) is 2. The Morgan fingerprint density at radius 1 is 1.19 bits per heavy atom. The number of rotatable bonds is 12. The molecule has 31 heavy (non-hydrogen) atoms. The number of ether oxygens (including phenoxy) is 1. The lowest BCUT2D eigenvalue weighted by Crippen LogP contribution is -2.22. The molecule has 1 amide bonds. The molecule has 0 saturated heterocycles. The summed E-state index contributed by atoms with van der Waals surface area (Å²) in [5.74, 6) is 0.238. The molecule has 0 saturated carbocycles. The van der Waals surface area contributed by atoms with Crippen LogP contribution in [0.15, 0.2) is 23.1 Å². The molecule has 172 valence electrons. The van der Waals surface area contributed by atoms with Crippen molar-refractivity contribution in [2.24, 2.45) is 0 Å². The number of nitrogens with one attached hydrogen (secondary N) is 1. The van der Waals surface area contributed by atoms with Crippen LogP contribution in [0.25, 0.3) is 11.0 Å². The lowest BCUT2D eigenvalue weighted by atomic mass is 10.2. The van der Waals surface area contributed by atoms with Gasteiger partial charge < -0.3 is 14.6 Å².